The Hall–Kier alpha value is -4.12. The molecule has 0 saturated carbocycles. The molecule has 0 saturated heterocycles. The van der Waals surface area contributed by atoms with Crippen LogP contribution in [0, 0.1) is 0 Å². The molecule has 4 heteroatoms. The van der Waals surface area contributed by atoms with Gasteiger partial charge in [-0.1, -0.05) is 84.9 Å². The van der Waals surface area contributed by atoms with Crippen LogP contribution in [0.1, 0.15) is 16.8 Å². The van der Waals surface area contributed by atoms with Crippen LogP contribution in [0.2, 0.25) is 0 Å². The molecule has 0 radical (unpaired) electrons. The molecule has 0 fully saturated rings. The summed E-state index contributed by atoms with van der Waals surface area (Å²) in [5.74, 6) is 0. The molecule has 0 spiro atoms. The van der Waals surface area contributed by atoms with Gasteiger partial charge in [0.25, 0.3) is 0 Å². The molecule has 0 bridgehead atoms. The summed E-state index contributed by atoms with van der Waals surface area (Å²) in [7, 11) is 0. The van der Waals surface area contributed by atoms with Gasteiger partial charge < -0.3 is 5.32 Å². The lowest BCUT2D eigenvalue weighted by molar-refractivity contribution is 0.254. The second-order valence-electron chi connectivity index (χ2n) is 9.47. The first-order valence-corrected chi connectivity index (χ1v) is 12.9. The van der Waals surface area contributed by atoms with Gasteiger partial charge in [-0.3, -0.25) is 9.88 Å². The van der Waals surface area contributed by atoms with E-state index in [9.17, 15) is 0 Å². The average molecular weight is 483 g/mol. The lowest BCUT2D eigenvalue weighted by atomic mass is 10.0. The van der Waals surface area contributed by atoms with E-state index in [0.29, 0.717) is 0 Å². The van der Waals surface area contributed by atoms with Gasteiger partial charge in [-0.15, -0.1) is 0 Å². The minimum Gasteiger partial charge on any atom is -0.311 e. The molecule has 2 aromatic heterocycles. The summed E-state index contributed by atoms with van der Waals surface area (Å²) in [5.41, 5.74) is 5.84. The van der Waals surface area contributed by atoms with E-state index in [0.717, 1.165) is 49.5 Å². The molecule has 4 aromatic carbocycles. The molecule has 0 aliphatic rings. The van der Waals surface area contributed by atoms with Crippen molar-refractivity contribution in [3.63, 3.8) is 0 Å². The van der Waals surface area contributed by atoms with Crippen molar-refractivity contribution in [2.45, 2.75) is 19.6 Å². The van der Waals surface area contributed by atoms with Crippen LogP contribution in [0.4, 0.5) is 0 Å². The SMILES string of the molecule is c1ccc(CN(CCNCc2c3ccccc3nc3ccccc23)Cc2cccc3ccccc23)nc1. The number of hydrogen-bond donors (Lipinski definition) is 1. The molecular weight excluding hydrogens is 452 g/mol. The van der Waals surface area contributed by atoms with Gasteiger partial charge >= 0.3 is 0 Å². The number of para-hydroxylation sites is 2. The zero-order chi connectivity index (χ0) is 24.9. The Labute approximate surface area is 217 Å². The monoisotopic (exact) mass is 482 g/mol. The van der Waals surface area contributed by atoms with E-state index < -0.39 is 0 Å². The average Bonchev–Trinajstić information content (AvgIpc) is 2.95. The Morgan fingerprint density at radius 2 is 1.30 bits per heavy atom. The third-order valence-corrected chi connectivity index (χ3v) is 6.99. The lowest BCUT2D eigenvalue weighted by Crippen LogP contribution is -2.31. The predicted molar refractivity (Wildman–Crippen MR) is 153 cm³/mol. The highest BCUT2D eigenvalue weighted by molar-refractivity contribution is 5.97. The van der Waals surface area contributed by atoms with Crippen LogP contribution in [-0.4, -0.2) is 28.0 Å². The highest BCUT2D eigenvalue weighted by Gasteiger charge is 2.12. The van der Waals surface area contributed by atoms with E-state index in [2.05, 4.69) is 118 Å². The van der Waals surface area contributed by atoms with Crippen LogP contribution in [0.15, 0.2) is 115 Å². The summed E-state index contributed by atoms with van der Waals surface area (Å²) in [6.07, 6.45) is 1.88. The standard InChI is InChI=1S/C33H30N4/c1-2-14-28-25(10-1)11-9-12-26(28)23-37(24-27-13-7-8-19-35-27)21-20-34-22-31-29-15-3-5-17-32(29)36-33-18-6-4-16-30(31)33/h1-19,34H,20-24H2. The lowest BCUT2D eigenvalue weighted by Gasteiger charge is -2.23. The number of fused-ring (bicyclic) bond motifs is 3. The number of nitrogens with one attached hydrogen (secondary N) is 1. The molecule has 2 heterocycles. The largest absolute Gasteiger partial charge is 0.311 e. The molecule has 6 aromatic rings. The minimum atomic E-state index is 0.801. The smallest absolute Gasteiger partial charge is 0.0713 e. The van der Waals surface area contributed by atoms with Crippen LogP contribution in [0.25, 0.3) is 32.6 Å². The first-order chi connectivity index (χ1) is 18.3. The number of aromatic nitrogens is 2. The Morgan fingerprint density at radius 3 is 2.05 bits per heavy atom. The molecule has 1 N–H and O–H groups in total. The van der Waals surface area contributed by atoms with Gasteiger partial charge in [0, 0.05) is 49.7 Å². The topological polar surface area (TPSA) is 41.0 Å². The molecule has 0 aliphatic heterocycles. The highest BCUT2D eigenvalue weighted by atomic mass is 15.1. The van der Waals surface area contributed by atoms with E-state index in [4.69, 9.17) is 4.98 Å². The minimum absolute atomic E-state index is 0.801. The number of nitrogens with zero attached hydrogens (tertiary/aromatic N) is 3. The zero-order valence-electron chi connectivity index (χ0n) is 20.8. The second kappa shape index (κ2) is 10.9. The van der Waals surface area contributed by atoms with Gasteiger partial charge in [0.1, 0.15) is 0 Å². The second-order valence-corrected chi connectivity index (χ2v) is 9.47. The molecule has 37 heavy (non-hydrogen) atoms. The van der Waals surface area contributed by atoms with E-state index in [1.807, 2.05) is 12.3 Å². The first kappa shape index (κ1) is 23.3. The Morgan fingerprint density at radius 1 is 0.622 bits per heavy atom. The molecule has 0 amide bonds. The zero-order valence-corrected chi connectivity index (χ0v) is 20.8. The van der Waals surface area contributed by atoms with Gasteiger partial charge in [-0.05, 0) is 46.2 Å². The number of hydrogen-bond acceptors (Lipinski definition) is 4. The number of pyridine rings is 2. The van der Waals surface area contributed by atoms with E-state index in [1.165, 1.54) is 32.7 Å². The van der Waals surface area contributed by atoms with Crippen molar-refractivity contribution >= 4 is 32.6 Å². The Bertz CT molecular complexity index is 1590. The van der Waals surface area contributed by atoms with Crippen LogP contribution in [-0.2, 0) is 19.6 Å². The maximum Gasteiger partial charge on any atom is 0.0713 e. The molecular formula is C33H30N4. The maximum absolute atomic E-state index is 4.87. The number of rotatable bonds is 9. The summed E-state index contributed by atoms with van der Waals surface area (Å²) in [6.45, 7) is 4.28. The molecule has 6 rings (SSSR count). The summed E-state index contributed by atoms with van der Waals surface area (Å²) in [4.78, 5) is 12.0. The van der Waals surface area contributed by atoms with Crippen molar-refractivity contribution in [3.05, 3.63) is 132 Å². The van der Waals surface area contributed by atoms with E-state index in [1.54, 1.807) is 0 Å². The van der Waals surface area contributed by atoms with Crippen molar-refractivity contribution in [3.8, 4) is 0 Å². The Balaban J connectivity index is 1.21. The maximum atomic E-state index is 4.87. The third-order valence-electron chi connectivity index (χ3n) is 6.99. The number of benzene rings is 4. The van der Waals surface area contributed by atoms with Gasteiger partial charge in [-0.25, -0.2) is 4.98 Å². The van der Waals surface area contributed by atoms with Crippen LogP contribution in [0.5, 0.6) is 0 Å². The van der Waals surface area contributed by atoms with Crippen molar-refractivity contribution in [2.24, 2.45) is 0 Å². The van der Waals surface area contributed by atoms with Crippen molar-refractivity contribution in [1.29, 1.82) is 0 Å². The van der Waals surface area contributed by atoms with Crippen molar-refractivity contribution < 1.29 is 0 Å². The fourth-order valence-corrected chi connectivity index (χ4v) is 5.17. The molecule has 182 valence electrons. The van der Waals surface area contributed by atoms with Crippen LogP contribution >= 0.6 is 0 Å². The fourth-order valence-electron chi connectivity index (χ4n) is 5.17. The van der Waals surface area contributed by atoms with Crippen LogP contribution in [0.3, 0.4) is 0 Å². The van der Waals surface area contributed by atoms with Gasteiger partial charge in [0.15, 0.2) is 0 Å². The van der Waals surface area contributed by atoms with E-state index >= 15 is 0 Å². The van der Waals surface area contributed by atoms with Gasteiger partial charge in [0.05, 0.1) is 16.7 Å². The molecule has 0 atom stereocenters. The van der Waals surface area contributed by atoms with Gasteiger partial charge in [0.2, 0.25) is 0 Å². The predicted octanol–water partition coefficient (Wildman–Crippen LogP) is 6.73. The quantitative estimate of drug-likeness (QED) is 0.183. The van der Waals surface area contributed by atoms with Crippen molar-refractivity contribution in [1.82, 2.24) is 20.2 Å². The van der Waals surface area contributed by atoms with E-state index in [-0.39, 0.29) is 0 Å². The van der Waals surface area contributed by atoms with Crippen LogP contribution < -0.4 is 5.32 Å². The van der Waals surface area contributed by atoms with Crippen molar-refractivity contribution in [2.75, 3.05) is 13.1 Å². The normalized spacial score (nSPS) is 11.6. The molecule has 4 nitrogen and oxygen atoms in total. The molecule has 0 unspecified atom stereocenters. The summed E-state index contributed by atoms with van der Waals surface area (Å²) in [5, 5.41) is 8.77. The Kier molecular flexibility index (Phi) is 6.84. The fraction of sp³-hybridized carbons (Fsp3) is 0.152. The highest BCUT2D eigenvalue weighted by Crippen LogP contribution is 2.26. The third kappa shape index (κ3) is 5.21. The van der Waals surface area contributed by atoms with Gasteiger partial charge in [-0.2, -0.15) is 0 Å². The summed E-state index contributed by atoms with van der Waals surface area (Å²) < 4.78 is 0. The first-order valence-electron chi connectivity index (χ1n) is 12.9. The molecule has 0 aliphatic carbocycles. The summed E-state index contributed by atoms with van der Waals surface area (Å²) in [6, 6.07) is 38.3. The summed E-state index contributed by atoms with van der Waals surface area (Å²) >= 11 is 0.